The molecule has 1 amide bonds. The van der Waals surface area contributed by atoms with Gasteiger partial charge in [0.1, 0.15) is 0 Å². The number of alkyl halides is 3. The van der Waals surface area contributed by atoms with Gasteiger partial charge in [0, 0.05) is 34.9 Å². The molecule has 0 unspecified atom stereocenters. The van der Waals surface area contributed by atoms with Crippen molar-refractivity contribution in [2.75, 3.05) is 5.32 Å². The molecule has 0 atom stereocenters. The van der Waals surface area contributed by atoms with E-state index >= 15 is 0 Å². The van der Waals surface area contributed by atoms with Crippen molar-refractivity contribution in [3.05, 3.63) is 126 Å². The number of amides is 1. The first kappa shape index (κ1) is 22.0. The van der Waals surface area contributed by atoms with Crippen LogP contribution in [0.1, 0.15) is 16.7 Å². The van der Waals surface area contributed by atoms with E-state index in [1.807, 2.05) is 48.5 Å². The lowest BCUT2D eigenvalue weighted by atomic mass is 9.96. The van der Waals surface area contributed by atoms with Gasteiger partial charge in [-0.15, -0.1) is 0 Å². The van der Waals surface area contributed by atoms with Crippen LogP contribution in [0.3, 0.4) is 0 Å². The van der Waals surface area contributed by atoms with Gasteiger partial charge in [0.15, 0.2) is 0 Å². The molecule has 0 bridgehead atoms. The maximum atomic E-state index is 13.2. The van der Waals surface area contributed by atoms with Crippen LogP contribution in [0, 0.1) is 0 Å². The number of hydrogen-bond acceptors (Lipinski definition) is 2. The Morgan fingerprint density at radius 1 is 0.879 bits per heavy atom. The van der Waals surface area contributed by atoms with Crippen molar-refractivity contribution in [1.82, 2.24) is 4.98 Å². The van der Waals surface area contributed by atoms with Gasteiger partial charge < -0.3 is 5.32 Å². The third-order valence-corrected chi connectivity index (χ3v) is 5.03. The van der Waals surface area contributed by atoms with Crippen LogP contribution < -0.4 is 5.32 Å². The van der Waals surface area contributed by atoms with Crippen LogP contribution in [0.5, 0.6) is 0 Å². The average Bonchev–Trinajstić information content (AvgIpc) is 2.82. The summed E-state index contributed by atoms with van der Waals surface area (Å²) in [6, 6.07) is 21.5. The highest BCUT2D eigenvalue weighted by Gasteiger charge is 2.30. The van der Waals surface area contributed by atoms with Crippen LogP contribution in [0.2, 0.25) is 0 Å². The number of allylic oxidation sites excluding steroid dienone is 2. The smallest absolute Gasteiger partial charge is 0.322 e. The van der Waals surface area contributed by atoms with E-state index in [4.69, 9.17) is 0 Å². The van der Waals surface area contributed by atoms with E-state index in [1.54, 1.807) is 30.6 Å². The second kappa shape index (κ2) is 9.53. The molecular weight excluding hydrogens is 425 g/mol. The molecule has 1 N–H and O–H groups in total. The Bertz CT molecular complexity index is 1340. The fourth-order valence-electron chi connectivity index (χ4n) is 3.48. The molecule has 0 spiro atoms. The number of nitrogens with zero attached hydrogens (tertiary/aromatic N) is 1. The summed E-state index contributed by atoms with van der Waals surface area (Å²) in [6.07, 6.45) is 3.43. The molecule has 6 heteroatoms. The van der Waals surface area contributed by atoms with E-state index in [-0.39, 0.29) is 5.91 Å². The lowest BCUT2D eigenvalue weighted by Crippen LogP contribution is -2.08. The summed E-state index contributed by atoms with van der Waals surface area (Å²) in [5.74, 6) is -0.355. The summed E-state index contributed by atoms with van der Waals surface area (Å²) >= 11 is 0. The van der Waals surface area contributed by atoms with Crippen LogP contribution in [0.15, 0.2) is 109 Å². The second-order valence-electron chi connectivity index (χ2n) is 7.28. The predicted octanol–water partition coefficient (Wildman–Crippen LogP) is 6.88. The standard InChI is InChI=1S/C27H19F3N2O/c28-27(29,30)22-11-4-9-20(17-22)23(19-7-2-1-3-8-19)12-6-14-26(33)32-25-13-5-10-21-18-31-16-15-24(21)25/h1-18H,(H,32,33). The summed E-state index contributed by atoms with van der Waals surface area (Å²) in [5.41, 5.74) is 1.64. The molecule has 4 rings (SSSR count). The molecule has 0 saturated heterocycles. The number of hydrogen-bond donors (Lipinski definition) is 1. The number of rotatable bonds is 5. The fourth-order valence-corrected chi connectivity index (χ4v) is 3.48. The molecular formula is C27H19F3N2O. The van der Waals surface area contributed by atoms with Gasteiger partial charge in [-0.2, -0.15) is 13.2 Å². The quantitative estimate of drug-likeness (QED) is 0.269. The fraction of sp³-hybridized carbons (Fsp3) is 0.0370. The van der Waals surface area contributed by atoms with Gasteiger partial charge in [-0.25, -0.2) is 0 Å². The van der Waals surface area contributed by atoms with Gasteiger partial charge in [0.25, 0.3) is 0 Å². The Morgan fingerprint density at radius 3 is 2.42 bits per heavy atom. The van der Waals surface area contributed by atoms with E-state index in [2.05, 4.69) is 10.3 Å². The largest absolute Gasteiger partial charge is 0.416 e. The average molecular weight is 444 g/mol. The number of nitrogens with one attached hydrogen (secondary N) is 1. The zero-order valence-electron chi connectivity index (χ0n) is 17.4. The highest BCUT2D eigenvalue weighted by Crippen LogP contribution is 2.32. The molecule has 164 valence electrons. The second-order valence-corrected chi connectivity index (χ2v) is 7.28. The Kier molecular flexibility index (Phi) is 6.36. The number of anilines is 1. The molecule has 4 aromatic rings. The first-order chi connectivity index (χ1) is 15.9. The van der Waals surface area contributed by atoms with Gasteiger partial charge in [0.05, 0.1) is 5.56 Å². The summed E-state index contributed by atoms with van der Waals surface area (Å²) in [5, 5.41) is 4.59. The maximum Gasteiger partial charge on any atom is 0.416 e. The number of carbonyl (C=O) groups excluding carboxylic acids is 1. The van der Waals surface area contributed by atoms with Gasteiger partial charge in [-0.05, 0) is 41.0 Å². The first-order valence-corrected chi connectivity index (χ1v) is 10.2. The lowest BCUT2D eigenvalue weighted by molar-refractivity contribution is -0.137. The van der Waals surface area contributed by atoms with E-state index in [0.29, 0.717) is 16.8 Å². The Morgan fingerprint density at radius 2 is 1.64 bits per heavy atom. The Labute approximate surface area is 188 Å². The SMILES string of the molecule is O=C(C=CC=C(c1ccccc1)c1cccc(C(F)(F)F)c1)Nc1cccc2cnccc12. The molecule has 0 aliphatic heterocycles. The van der Waals surface area contributed by atoms with Crippen molar-refractivity contribution in [2.45, 2.75) is 6.18 Å². The van der Waals surface area contributed by atoms with E-state index in [9.17, 15) is 18.0 Å². The minimum Gasteiger partial charge on any atom is -0.322 e. The summed E-state index contributed by atoms with van der Waals surface area (Å²) in [4.78, 5) is 16.6. The number of aromatic nitrogens is 1. The van der Waals surface area contributed by atoms with Crippen molar-refractivity contribution in [3.63, 3.8) is 0 Å². The van der Waals surface area contributed by atoms with Crippen LogP contribution in [-0.4, -0.2) is 10.9 Å². The highest BCUT2D eigenvalue weighted by atomic mass is 19.4. The first-order valence-electron chi connectivity index (χ1n) is 10.2. The number of carbonyl (C=O) groups is 1. The highest BCUT2D eigenvalue weighted by molar-refractivity contribution is 6.06. The van der Waals surface area contributed by atoms with Gasteiger partial charge in [0.2, 0.25) is 5.91 Å². The zero-order valence-corrected chi connectivity index (χ0v) is 17.4. The third-order valence-electron chi connectivity index (χ3n) is 5.03. The predicted molar refractivity (Wildman–Crippen MR) is 124 cm³/mol. The molecule has 1 heterocycles. The normalized spacial score (nSPS) is 12.3. The topological polar surface area (TPSA) is 42.0 Å². The van der Waals surface area contributed by atoms with Crippen LogP contribution in [-0.2, 0) is 11.0 Å². The van der Waals surface area contributed by atoms with Crippen molar-refractivity contribution in [3.8, 4) is 0 Å². The number of fused-ring (bicyclic) bond motifs is 1. The van der Waals surface area contributed by atoms with Gasteiger partial charge in [-0.3, -0.25) is 9.78 Å². The van der Waals surface area contributed by atoms with Crippen LogP contribution in [0.25, 0.3) is 16.3 Å². The molecule has 33 heavy (non-hydrogen) atoms. The Hall–Kier alpha value is -4.19. The van der Waals surface area contributed by atoms with E-state index in [0.717, 1.165) is 28.5 Å². The molecule has 0 aliphatic carbocycles. The van der Waals surface area contributed by atoms with Crippen molar-refractivity contribution >= 4 is 27.9 Å². The molecule has 3 nitrogen and oxygen atoms in total. The molecule has 1 aromatic heterocycles. The summed E-state index contributed by atoms with van der Waals surface area (Å²) in [6.45, 7) is 0. The summed E-state index contributed by atoms with van der Waals surface area (Å²) in [7, 11) is 0. The van der Waals surface area contributed by atoms with Crippen LogP contribution in [0.4, 0.5) is 18.9 Å². The minimum atomic E-state index is -4.44. The van der Waals surface area contributed by atoms with Gasteiger partial charge >= 0.3 is 6.18 Å². The third kappa shape index (κ3) is 5.36. The van der Waals surface area contributed by atoms with Gasteiger partial charge in [-0.1, -0.05) is 66.7 Å². The van der Waals surface area contributed by atoms with Crippen LogP contribution >= 0.6 is 0 Å². The molecule has 0 radical (unpaired) electrons. The van der Waals surface area contributed by atoms with Crippen molar-refractivity contribution < 1.29 is 18.0 Å². The Balaban J connectivity index is 1.62. The molecule has 0 saturated carbocycles. The van der Waals surface area contributed by atoms with E-state index < -0.39 is 11.7 Å². The molecule has 0 fully saturated rings. The van der Waals surface area contributed by atoms with Crippen molar-refractivity contribution in [2.24, 2.45) is 0 Å². The lowest BCUT2D eigenvalue weighted by Gasteiger charge is -2.12. The van der Waals surface area contributed by atoms with Crippen molar-refractivity contribution in [1.29, 1.82) is 0 Å². The molecule has 0 aliphatic rings. The molecule has 3 aromatic carbocycles. The zero-order chi connectivity index (χ0) is 23.3. The monoisotopic (exact) mass is 444 g/mol. The maximum absolute atomic E-state index is 13.2. The summed E-state index contributed by atoms with van der Waals surface area (Å²) < 4.78 is 39.7. The number of benzene rings is 3. The number of pyridine rings is 1. The van der Waals surface area contributed by atoms with E-state index in [1.165, 1.54) is 18.2 Å². The number of halogens is 3. The minimum absolute atomic E-state index is 0.355.